The Balaban J connectivity index is 2.48. The minimum Gasteiger partial charge on any atom is -0.216 e. The van der Waals surface area contributed by atoms with Crippen LogP contribution < -0.4 is 0 Å². The Morgan fingerprint density at radius 1 is 1.50 bits per heavy atom. The van der Waals surface area contributed by atoms with Crippen LogP contribution >= 0.6 is 27.7 Å². The van der Waals surface area contributed by atoms with Gasteiger partial charge in [0, 0.05) is 11.5 Å². The molecule has 0 N–H and O–H groups in total. The standard InChI is InChI=1S/C11H13BrClN/c1-7-8-4-6-11(14(2)13)9(8)3-5-10(7)12/h3,5,11H,4,6H2,1-2H3/t11-/m0/s1. The number of nitrogens with zero attached hydrogens (tertiary/aromatic N) is 1. The second-order valence-corrected chi connectivity index (χ2v) is 5.21. The van der Waals surface area contributed by atoms with Crippen LogP contribution in [0.2, 0.25) is 0 Å². The third-order valence-electron chi connectivity index (χ3n) is 3.02. The van der Waals surface area contributed by atoms with Crippen molar-refractivity contribution in [2.24, 2.45) is 0 Å². The van der Waals surface area contributed by atoms with Crippen LogP contribution in [0, 0.1) is 6.92 Å². The van der Waals surface area contributed by atoms with Gasteiger partial charge in [0.05, 0.1) is 6.04 Å². The van der Waals surface area contributed by atoms with Gasteiger partial charge < -0.3 is 0 Å². The van der Waals surface area contributed by atoms with Crippen LogP contribution in [0.25, 0.3) is 0 Å². The van der Waals surface area contributed by atoms with E-state index in [4.69, 9.17) is 11.8 Å². The maximum atomic E-state index is 6.03. The number of halogens is 2. The smallest absolute Gasteiger partial charge is 0.0503 e. The average molecular weight is 275 g/mol. The summed E-state index contributed by atoms with van der Waals surface area (Å²) in [4.78, 5) is 0. The van der Waals surface area contributed by atoms with Crippen LogP contribution in [0.3, 0.4) is 0 Å². The molecule has 0 aliphatic heterocycles. The highest BCUT2D eigenvalue weighted by Gasteiger charge is 2.26. The van der Waals surface area contributed by atoms with Gasteiger partial charge in [0.2, 0.25) is 0 Å². The molecule has 1 atom stereocenters. The van der Waals surface area contributed by atoms with Gasteiger partial charge in [-0.3, -0.25) is 0 Å². The fourth-order valence-electron chi connectivity index (χ4n) is 2.20. The number of hydrogen-bond donors (Lipinski definition) is 0. The maximum Gasteiger partial charge on any atom is 0.0503 e. The molecule has 14 heavy (non-hydrogen) atoms. The first kappa shape index (κ1) is 10.5. The lowest BCUT2D eigenvalue weighted by Crippen LogP contribution is -2.11. The molecule has 0 saturated heterocycles. The van der Waals surface area contributed by atoms with E-state index >= 15 is 0 Å². The fourth-order valence-corrected chi connectivity index (χ4v) is 2.77. The number of benzene rings is 1. The zero-order valence-electron chi connectivity index (χ0n) is 8.35. The Morgan fingerprint density at radius 3 is 2.86 bits per heavy atom. The van der Waals surface area contributed by atoms with E-state index in [1.54, 1.807) is 4.42 Å². The summed E-state index contributed by atoms with van der Waals surface area (Å²) < 4.78 is 2.99. The van der Waals surface area contributed by atoms with Crippen LogP contribution in [0.15, 0.2) is 16.6 Å². The lowest BCUT2D eigenvalue weighted by molar-refractivity contribution is 0.405. The third-order valence-corrected chi connectivity index (χ3v) is 4.12. The molecule has 0 aromatic heterocycles. The predicted octanol–water partition coefficient (Wildman–Crippen LogP) is 3.83. The van der Waals surface area contributed by atoms with Gasteiger partial charge in [-0.2, -0.15) is 0 Å². The van der Waals surface area contributed by atoms with Gasteiger partial charge in [-0.25, -0.2) is 4.42 Å². The Labute approximate surface area is 98.3 Å². The number of fused-ring (bicyclic) bond motifs is 1. The van der Waals surface area contributed by atoms with Crippen LogP contribution in [0.1, 0.15) is 29.2 Å². The number of hydrogen-bond acceptors (Lipinski definition) is 1. The van der Waals surface area contributed by atoms with Gasteiger partial charge in [-0.15, -0.1) is 0 Å². The zero-order valence-corrected chi connectivity index (χ0v) is 10.7. The average Bonchev–Trinajstić information content (AvgIpc) is 2.55. The molecule has 3 heteroatoms. The Kier molecular flexibility index (Phi) is 2.87. The summed E-state index contributed by atoms with van der Waals surface area (Å²) in [5.41, 5.74) is 4.23. The molecule has 0 heterocycles. The zero-order chi connectivity index (χ0) is 10.3. The Hall–Kier alpha value is -0.0500. The highest BCUT2D eigenvalue weighted by Crippen LogP contribution is 2.39. The first-order valence-electron chi connectivity index (χ1n) is 4.77. The lowest BCUT2D eigenvalue weighted by Gasteiger charge is -2.17. The molecule has 76 valence electrons. The van der Waals surface area contributed by atoms with Gasteiger partial charge in [-0.05, 0) is 54.3 Å². The van der Waals surface area contributed by atoms with E-state index < -0.39 is 0 Å². The molecule has 0 saturated carbocycles. The first-order chi connectivity index (χ1) is 6.61. The molecule has 2 rings (SSSR count). The van der Waals surface area contributed by atoms with Crippen LogP contribution in [0.4, 0.5) is 0 Å². The molecule has 1 nitrogen and oxygen atoms in total. The highest BCUT2D eigenvalue weighted by molar-refractivity contribution is 9.10. The van der Waals surface area contributed by atoms with Crippen molar-refractivity contribution >= 4 is 27.7 Å². The second-order valence-electron chi connectivity index (χ2n) is 3.82. The summed E-state index contributed by atoms with van der Waals surface area (Å²) in [5, 5.41) is 0. The molecule has 0 bridgehead atoms. The van der Waals surface area contributed by atoms with E-state index in [0.717, 1.165) is 12.8 Å². The number of rotatable bonds is 1. The molecule has 1 aromatic rings. The topological polar surface area (TPSA) is 3.24 Å². The van der Waals surface area contributed by atoms with Gasteiger partial charge >= 0.3 is 0 Å². The minimum absolute atomic E-state index is 0.387. The second kappa shape index (κ2) is 3.84. The van der Waals surface area contributed by atoms with Crippen molar-refractivity contribution in [2.45, 2.75) is 25.8 Å². The molecular weight excluding hydrogens is 261 g/mol. The lowest BCUT2D eigenvalue weighted by atomic mass is 10.0. The van der Waals surface area contributed by atoms with Gasteiger partial charge in [-0.1, -0.05) is 22.0 Å². The van der Waals surface area contributed by atoms with Crippen molar-refractivity contribution in [3.63, 3.8) is 0 Å². The van der Waals surface area contributed by atoms with E-state index in [9.17, 15) is 0 Å². The summed E-state index contributed by atoms with van der Waals surface area (Å²) >= 11 is 9.58. The quantitative estimate of drug-likeness (QED) is 0.704. The van der Waals surface area contributed by atoms with Crippen molar-refractivity contribution < 1.29 is 0 Å². The summed E-state index contributed by atoms with van der Waals surface area (Å²) in [6, 6.07) is 4.69. The van der Waals surface area contributed by atoms with E-state index in [1.165, 1.54) is 21.2 Å². The summed E-state index contributed by atoms with van der Waals surface area (Å²) in [7, 11) is 1.93. The molecular formula is C11H13BrClN. The first-order valence-corrected chi connectivity index (χ1v) is 5.91. The van der Waals surface area contributed by atoms with Crippen LogP contribution in [-0.2, 0) is 6.42 Å². The molecule has 0 radical (unpaired) electrons. The van der Waals surface area contributed by atoms with Crippen molar-refractivity contribution in [1.82, 2.24) is 4.42 Å². The van der Waals surface area contributed by atoms with E-state index in [0.29, 0.717) is 6.04 Å². The summed E-state index contributed by atoms with van der Waals surface area (Å²) in [6.45, 7) is 2.17. The summed E-state index contributed by atoms with van der Waals surface area (Å²) in [6.07, 6.45) is 2.27. The van der Waals surface area contributed by atoms with Gasteiger partial charge in [0.1, 0.15) is 0 Å². The van der Waals surface area contributed by atoms with Gasteiger partial charge in [0.25, 0.3) is 0 Å². The normalized spacial score (nSPS) is 20.2. The highest BCUT2D eigenvalue weighted by atomic mass is 79.9. The maximum absolute atomic E-state index is 6.03. The molecule has 0 unspecified atom stereocenters. The van der Waals surface area contributed by atoms with Crippen molar-refractivity contribution in [2.75, 3.05) is 7.05 Å². The monoisotopic (exact) mass is 273 g/mol. The predicted molar refractivity (Wildman–Crippen MR) is 63.6 cm³/mol. The molecule has 1 aliphatic carbocycles. The van der Waals surface area contributed by atoms with Crippen molar-refractivity contribution in [1.29, 1.82) is 0 Å². The molecule has 0 amide bonds. The van der Waals surface area contributed by atoms with Crippen molar-refractivity contribution in [3.8, 4) is 0 Å². The largest absolute Gasteiger partial charge is 0.216 e. The molecule has 0 fully saturated rings. The van der Waals surface area contributed by atoms with Crippen LogP contribution in [-0.4, -0.2) is 11.5 Å². The Bertz CT molecular complexity index is 363. The SMILES string of the molecule is Cc1c(Br)ccc2c1CC[C@@H]2N(C)Cl. The van der Waals surface area contributed by atoms with Crippen molar-refractivity contribution in [3.05, 3.63) is 33.3 Å². The summed E-state index contributed by atoms with van der Waals surface area (Å²) in [5.74, 6) is 0. The third kappa shape index (κ3) is 1.60. The van der Waals surface area contributed by atoms with Gasteiger partial charge in [0.15, 0.2) is 0 Å². The minimum atomic E-state index is 0.387. The van der Waals surface area contributed by atoms with E-state index in [1.807, 2.05) is 7.05 Å². The molecule has 1 aromatic carbocycles. The van der Waals surface area contributed by atoms with E-state index in [2.05, 4.69) is 35.0 Å². The molecule has 0 spiro atoms. The van der Waals surface area contributed by atoms with Crippen LogP contribution in [0.5, 0.6) is 0 Å². The molecule has 1 aliphatic rings. The van der Waals surface area contributed by atoms with E-state index in [-0.39, 0.29) is 0 Å². The Morgan fingerprint density at radius 2 is 2.21 bits per heavy atom. The fraction of sp³-hybridized carbons (Fsp3) is 0.455.